The first-order chi connectivity index (χ1) is 27.4. The highest BCUT2D eigenvalue weighted by Crippen LogP contribution is 2.60. The molecular formula is C49H66O7. The van der Waals surface area contributed by atoms with Gasteiger partial charge in [-0.05, 0) is 157 Å². The first kappa shape index (κ1) is 40.3. The van der Waals surface area contributed by atoms with Crippen molar-refractivity contribution in [2.24, 2.45) is 23.2 Å². The second-order valence-corrected chi connectivity index (χ2v) is 17.1. The van der Waals surface area contributed by atoms with Gasteiger partial charge in [0, 0.05) is 0 Å². The topological polar surface area (TPSA) is 72.5 Å². The van der Waals surface area contributed by atoms with Crippen LogP contribution in [0.1, 0.15) is 137 Å². The third kappa shape index (κ3) is 8.67. The van der Waals surface area contributed by atoms with Gasteiger partial charge in [0.25, 0.3) is 0 Å². The summed E-state index contributed by atoms with van der Waals surface area (Å²) < 4.78 is 39.1. The molecule has 8 rings (SSSR count). The van der Waals surface area contributed by atoms with Crippen LogP contribution in [0.4, 0.5) is 0 Å². The maximum absolute atomic E-state index is 14.5. The van der Waals surface area contributed by atoms with Crippen LogP contribution in [0.5, 0.6) is 34.5 Å². The fourth-order valence-corrected chi connectivity index (χ4v) is 9.86. The summed E-state index contributed by atoms with van der Waals surface area (Å²) in [6.07, 6.45) is 16.6. The highest BCUT2D eigenvalue weighted by Gasteiger charge is 2.55. The van der Waals surface area contributed by atoms with Crippen LogP contribution in [0.3, 0.4) is 0 Å². The van der Waals surface area contributed by atoms with Gasteiger partial charge < -0.3 is 28.4 Å². The van der Waals surface area contributed by atoms with Crippen molar-refractivity contribution in [1.82, 2.24) is 0 Å². The number of rotatable bonds is 22. The predicted molar refractivity (Wildman–Crippen MR) is 227 cm³/mol. The van der Waals surface area contributed by atoms with Gasteiger partial charge in [0.1, 0.15) is 0 Å². The smallest absolute Gasteiger partial charge is 0.317 e. The lowest BCUT2D eigenvalue weighted by Gasteiger charge is -2.55. The van der Waals surface area contributed by atoms with E-state index in [0.29, 0.717) is 62.3 Å². The molecule has 0 heterocycles. The fourth-order valence-electron chi connectivity index (χ4n) is 9.86. The van der Waals surface area contributed by atoms with Crippen LogP contribution in [-0.2, 0) is 4.79 Å². The van der Waals surface area contributed by atoms with Crippen molar-refractivity contribution >= 4 is 38.3 Å². The van der Waals surface area contributed by atoms with Crippen LogP contribution >= 0.6 is 0 Å². The normalized spacial score (nSPS) is 21.2. The Morgan fingerprint density at radius 3 is 0.964 bits per heavy atom. The second kappa shape index (κ2) is 18.6. The third-order valence-electron chi connectivity index (χ3n) is 12.6. The van der Waals surface area contributed by atoms with Crippen molar-refractivity contribution in [3.05, 3.63) is 36.4 Å². The summed E-state index contributed by atoms with van der Waals surface area (Å²) in [6, 6.07) is 12.8. The van der Waals surface area contributed by atoms with Gasteiger partial charge in [-0.2, -0.15) is 0 Å². The number of hydrogen-bond donors (Lipinski definition) is 0. The van der Waals surface area contributed by atoms with Gasteiger partial charge in [-0.3, -0.25) is 4.79 Å². The number of hydrogen-bond acceptors (Lipinski definition) is 7. The lowest BCUT2D eigenvalue weighted by atomic mass is 9.49. The maximum atomic E-state index is 14.5. The minimum Gasteiger partial charge on any atom is -0.490 e. The van der Waals surface area contributed by atoms with Crippen molar-refractivity contribution in [2.75, 3.05) is 33.0 Å². The van der Waals surface area contributed by atoms with E-state index in [1.54, 1.807) is 0 Å². The zero-order valence-electron chi connectivity index (χ0n) is 34.9. The molecule has 0 unspecified atom stereocenters. The number of fused-ring (bicyclic) bond motifs is 6. The van der Waals surface area contributed by atoms with Crippen molar-refractivity contribution < 1.29 is 33.2 Å². The second-order valence-electron chi connectivity index (χ2n) is 17.1. The van der Waals surface area contributed by atoms with E-state index < -0.39 is 0 Å². The van der Waals surface area contributed by atoms with E-state index in [4.69, 9.17) is 28.4 Å². The van der Waals surface area contributed by atoms with Crippen molar-refractivity contribution in [1.29, 1.82) is 0 Å². The average Bonchev–Trinajstić information content (AvgIpc) is 3.18. The molecule has 4 aliphatic rings. The van der Waals surface area contributed by atoms with Crippen LogP contribution in [-0.4, -0.2) is 39.0 Å². The number of carbonyl (C=O) groups excluding carboxylic acids is 1. The summed E-state index contributed by atoms with van der Waals surface area (Å²) >= 11 is 0. The molecule has 0 spiro atoms. The monoisotopic (exact) mass is 766 g/mol. The average molecular weight is 767 g/mol. The summed E-state index contributed by atoms with van der Waals surface area (Å²) in [6.45, 7) is 13.9. The summed E-state index contributed by atoms with van der Waals surface area (Å²) in [5.41, 5.74) is -0.389. The lowest BCUT2D eigenvalue weighted by molar-refractivity contribution is -0.161. The summed E-state index contributed by atoms with van der Waals surface area (Å²) in [5, 5.41) is 6.09. The Bertz CT molecular complexity index is 1880. The molecule has 4 bridgehead atoms. The standard InChI is InChI=1S/C49H66O7/c1-6-11-16-51-42-24-36-37-25-43(52-17-12-7-2)45(54-19-14-9-4)27-39(37)41-29-47(56-48(50)49-30-33-21-34(31-49)23-35(22-33)32-49)46(55-20-15-10-5)28-40(41)38(36)26-44(42)53-18-13-8-3/h24-29,33-35H,6-23,30-32H2,1-5H3. The van der Waals surface area contributed by atoms with Crippen LogP contribution in [0, 0.1) is 23.2 Å². The number of ether oxygens (including phenoxy) is 6. The Labute approximate surface area is 335 Å². The van der Waals surface area contributed by atoms with Gasteiger partial charge in [-0.15, -0.1) is 0 Å². The van der Waals surface area contributed by atoms with Gasteiger partial charge in [-0.1, -0.05) is 66.7 Å². The highest BCUT2D eigenvalue weighted by atomic mass is 16.6. The summed E-state index contributed by atoms with van der Waals surface area (Å²) in [5.74, 6) is 5.95. The quantitative estimate of drug-likeness (QED) is 0.0341. The molecule has 0 saturated heterocycles. The Hall–Kier alpha value is -3.87. The molecule has 0 amide bonds. The molecule has 7 heteroatoms. The molecule has 0 N–H and O–H groups in total. The Morgan fingerprint density at radius 2 is 0.696 bits per heavy atom. The van der Waals surface area contributed by atoms with Gasteiger partial charge in [0.05, 0.1) is 38.4 Å². The maximum Gasteiger partial charge on any atom is 0.317 e. The summed E-state index contributed by atoms with van der Waals surface area (Å²) in [4.78, 5) is 14.5. The van der Waals surface area contributed by atoms with E-state index >= 15 is 0 Å². The number of unbranched alkanes of at least 4 members (excludes halogenated alkanes) is 5. The molecule has 4 aliphatic carbocycles. The largest absolute Gasteiger partial charge is 0.490 e. The Kier molecular flexibility index (Phi) is 13.4. The molecule has 4 saturated carbocycles. The van der Waals surface area contributed by atoms with E-state index in [-0.39, 0.29) is 11.4 Å². The van der Waals surface area contributed by atoms with Crippen molar-refractivity contribution in [2.45, 2.75) is 137 Å². The van der Waals surface area contributed by atoms with Crippen LogP contribution in [0.15, 0.2) is 36.4 Å². The lowest BCUT2D eigenvalue weighted by Crippen LogP contribution is -2.51. The molecule has 4 aromatic rings. The zero-order chi connectivity index (χ0) is 39.1. The molecule has 4 aromatic carbocycles. The van der Waals surface area contributed by atoms with E-state index in [1.165, 1.54) is 19.3 Å². The summed E-state index contributed by atoms with van der Waals surface area (Å²) in [7, 11) is 0. The SMILES string of the molecule is CCCCOc1cc2c3cc(OCCCC)c(OCCCC)cc3c3cc(OC(=O)C45CC6CC(CC(C6)C4)C5)c(OCCCC)cc3c2cc1OCCCC. The van der Waals surface area contributed by atoms with Crippen LogP contribution in [0.25, 0.3) is 32.3 Å². The minimum atomic E-state index is -0.389. The molecule has 0 aromatic heterocycles. The van der Waals surface area contributed by atoms with Gasteiger partial charge >= 0.3 is 5.97 Å². The van der Waals surface area contributed by atoms with Crippen LogP contribution in [0.2, 0.25) is 0 Å². The molecule has 0 atom stereocenters. The minimum absolute atomic E-state index is 0.0722. The van der Waals surface area contributed by atoms with Crippen molar-refractivity contribution in [3.63, 3.8) is 0 Å². The van der Waals surface area contributed by atoms with Crippen molar-refractivity contribution in [3.8, 4) is 34.5 Å². The molecule has 7 nitrogen and oxygen atoms in total. The molecule has 0 radical (unpaired) electrons. The van der Waals surface area contributed by atoms with E-state index in [9.17, 15) is 4.79 Å². The van der Waals surface area contributed by atoms with Gasteiger partial charge in [0.2, 0.25) is 0 Å². The number of benzene rings is 4. The first-order valence-electron chi connectivity index (χ1n) is 22.3. The van der Waals surface area contributed by atoms with Gasteiger partial charge in [-0.25, -0.2) is 0 Å². The van der Waals surface area contributed by atoms with Gasteiger partial charge in [0.15, 0.2) is 34.5 Å². The third-order valence-corrected chi connectivity index (χ3v) is 12.6. The van der Waals surface area contributed by atoms with E-state index in [2.05, 4.69) is 71.0 Å². The van der Waals surface area contributed by atoms with Crippen LogP contribution < -0.4 is 28.4 Å². The predicted octanol–water partition coefficient (Wildman–Crippen LogP) is 13.2. The Morgan fingerprint density at radius 1 is 0.446 bits per heavy atom. The molecule has 56 heavy (non-hydrogen) atoms. The van der Waals surface area contributed by atoms with E-state index in [0.717, 1.165) is 139 Å². The number of esters is 1. The molecular weight excluding hydrogens is 701 g/mol. The Balaban J connectivity index is 1.43. The molecule has 4 fully saturated rings. The molecule has 0 aliphatic heterocycles. The van der Waals surface area contributed by atoms with E-state index in [1.807, 2.05) is 0 Å². The molecule has 304 valence electrons. The zero-order valence-corrected chi connectivity index (χ0v) is 34.9. The highest BCUT2D eigenvalue weighted by molar-refractivity contribution is 6.27. The fraction of sp³-hybridized carbons (Fsp3) is 0.612. The first-order valence-corrected chi connectivity index (χ1v) is 22.3. The number of carbonyl (C=O) groups is 1.